The summed E-state index contributed by atoms with van der Waals surface area (Å²) in [6, 6.07) is 31.1. The highest BCUT2D eigenvalue weighted by Crippen LogP contribution is 2.41. The summed E-state index contributed by atoms with van der Waals surface area (Å²) in [5.41, 5.74) is 4.63. The third-order valence-corrected chi connectivity index (χ3v) is 15.7. The fourth-order valence-corrected chi connectivity index (χ4v) is 10.2. The lowest BCUT2D eigenvalue weighted by Crippen LogP contribution is -2.10. The van der Waals surface area contributed by atoms with Gasteiger partial charge < -0.3 is 43.7 Å². The summed E-state index contributed by atoms with van der Waals surface area (Å²) in [5.74, 6) is -0.901. The molecule has 6 aromatic heterocycles. The van der Waals surface area contributed by atoms with Crippen LogP contribution in [0.3, 0.4) is 0 Å². The van der Waals surface area contributed by atoms with E-state index < -0.39 is 29.6 Å². The van der Waals surface area contributed by atoms with Gasteiger partial charge >= 0.3 is 0 Å². The Morgan fingerprint density at radius 3 is 1.23 bits per heavy atom. The van der Waals surface area contributed by atoms with Crippen molar-refractivity contribution in [3.8, 4) is 34.5 Å². The van der Waals surface area contributed by atoms with E-state index in [2.05, 4.69) is 29.9 Å². The van der Waals surface area contributed by atoms with Crippen LogP contribution in [0, 0.1) is 35.2 Å². The lowest BCUT2D eigenvalue weighted by molar-refractivity contribution is 0.102. The molecule has 3 aliphatic carbocycles. The number of phenolic OH excluding ortho intramolecular Hbond substituents is 1. The van der Waals surface area contributed by atoms with Crippen LogP contribution in [0.5, 0.6) is 34.5 Å². The van der Waals surface area contributed by atoms with Crippen LogP contribution in [0.2, 0.25) is 15.1 Å². The van der Waals surface area contributed by atoms with E-state index in [-0.39, 0.29) is 68.2 Å². The summed E-state index contributed by atoms with van der Waals surface area (Å²) in [6.45, 7) is 1.35. The van der Waals surface area contributed by atoms with E-state index in [4.69, 9.17) is 58.5 Å². The number of ketones is 3. The van der Waals surface area contributed by atoms with Gasteiger partial charge in [-0.05, 0) is 116 Å². The molecule has 14 rings (SSSR count). The van der Waals surface area contributed by atoms with Gasteiger partial charge in [0.25, 0.3) is 0 Å². The van der Waals surface area contributed by atoms with Gasteiger partial charge in [-0.15, -0.1) is 0 Å². The number of phenols is 1. The van der Waals surface area contributed by atoms with Crippen LogP contribution in [0.1, 0.15) is 120 Å². The first kappa shape index (κ1) is 67.0. The van der Waals surface area contributed by atoms with E-state index in [0.29, 0.717) is 144 Å². The van der Waals surface area contributed by atoms with E-state index in [9.17, 15) is 32.7 Å². The average molecular weight is 1310 g/mol. The summed E-state index contributed by atoms with van der Waals surface area (Å²) in [7, 11) is 0. The summed E-state index contributed by atoms with van der Waals surface area (Å²) in [4.78, 5) is 61.5. The Balaban J connectivity index is 0.000000163. The fraction of sp³-hybridized carbons (Fsp3) is 0.239. The maximum absolute atomic E-state index is 14.1. The predicted octanol–water partition coefficient (Wildman–Crippen LogP) is 17.9. The van der Waals surface area contributed by atoms with Crippen LogP contribution >= 0.6 is 34.8 Å². The van der Waals surface area contributed by atoms with Gasteiger partial charge in [-0.2, -0.15) is 0 Å². The van der Waals surface area contributed by atoms with Gasteiger partial charge in [-0.3, -0.25) is 14.4 Å². The van der Waals surface area contributed by atoms with E-state index in [1.807, 2.05) is 42.5 Å². The molecule has 0 aliphatic heterocycles. The highest BCUT2D eigenvalue weighted by molar-refractivity contribution is 6.32. The number of hydrogen-bond acceptors (Lipinski definition) is 12. The number of ether oxygens (including phenoxy) is 5. The van der Waals surface area contributed by atoms with Crippen LogP contribution in [0.15, 0.2) is 152 Å². The Morgan fingerprint density at radius 1 is 0.457 bits per heavy atom. The largest absolute Gasteiger partial charge is 0.504 e. The number of carbonyl (C=O) groups is 3. The molecule has 21 heteroatoms. The van der Waals surface area contributed by atoms with Gasteiger partial charge in [0, 0.05) is 82.2 Å². The van der Waals surface area contributed by atoms with Gasteiger partial charge in [0.1, 0.15) is 47.6 Å². The van der Waals surface area contributed by atoms with Crippen molar-refractivity contribution in [3.05, 3.63) is 229 Å². The minimum atomic E-state index is -1.06. The monoisotopic (exact) mass is 1310 g/mol. The van der Waals surface area contributed by atoms with Crippen LogP contribution in [-0.2, 0) is 13.2 Å². The number of nitrogens with one attached hydrogen (secondary N) is 3. The van der Waals surface area contributed by atoms with E-state index >= 15 is 0 Å². The summed E-state index contributed by atoms with van der Waals surface area (Å²) >= 11 is 18.2. The Morgan fingerprint density at radius 2 is 0.826 bits per heavy atom. The van der Waals surface area contributed by atoms with Crippen LogP contribution in [0.4, 0.5) is 13.2 Å². The second kappa shape index (κ2) is 29.7. The molecule has 15 nitrogen and oxygen atoms in total. The number of carbonyl (C=O) groups excluding carboxylic acids is 3. The van der Waals surface area contributed by atoms with Crippen molar-refractivity contribution in [2.24, 2.45) is 17.8 Å². The Labute approximate surface area is 544 Å². The molecule has 3 saturated carbocycles. The summed E-state index contributed by atoms with van der Waals surface area (Å²) in [5, 5.41) is 13.3. The van der Waals surface area contributed by atoms with Gasteiger partial charge in [0.05, 0.1) is 57.1 Å². The second-order valence-corrected chi connectivity index (χ2v) is 23.1. The molecule has 0 unspecified atom stereocenters. The first-order valence-corrected chi connectivity index (χ1v) is 29.8. The molecule has 0 atom stereocenters. The molecular weight excluding hydrogens is 1240 g/mol. The number of rotatable bonds is 21. The molecule has 0 saturated heterocycles. The van der Waals surface area contributed by atoms with Crippen LogP contribution in [-0.4, -0.2) is 72.2 Å². The molecular formula is C71H66Cl3F3N6O9. The molecule has 0 spiro atoms. The standard InChI is InChI=1S/C25H18ClF3N2O3.C25H21ClN2O3.C18H15ClN2O3.3CH4/c26-14-6-17-18(10-31-25(17)30-9-14)23(32)16-2-1-3-22(24(16)34-11-13-4-5-13)33-12-19-20(28)7-15(27)8-21(19)29;26-18-11-20-21(13-28-25(20)27-12-18)23(29)19-7-4-8-22(24(19)31-15-17-9-10-17)30-14-16-5-2-1-3-6-16;19-11-6-13-14(8-21-18(13)20-7-11)16(23)12-2-1-3-15(22)17(12)24-9-10-4-5-10;;;/h1-3,6-10,13H,4-5,11-12H2,(H,30,31);1-8,11-13,17H,9-10,14-15H2,(H,27,28);1-3,6-8,10,22H,4-5,9H2,(H,20,21);3*1H4. The lowest BCUT2D eigenvalue weighted by atomic mass is 10.0. The highest BCUT2D eigenvalue weighted by Gasteiger charge is 2.30. The Bertz CT molecular complexity index is 4430. The predicted molar refractivity (Wildman–Crippen MR) is 351 cm³/mol. The number of aromatic hydroxyl groups is 1. The molecule has 11 aromatic rings. The quantitative estimate of drug-likeness (QED) is 0.0496. The first-order chi connectivity index (χ1) is 43.2. The zero-order chi connectivity index (χ0) is 61.7. The molecule has 6 heterocycles. The molecule has 92 heavy (non-hydrogen) atoms. The number of fused-ring (bicyclic) bond motifs is 3. The van der Waals surface area contributed by atoms with E-state index in [0.717, 1.165) is 44.1 Å². The second-order valence-electron chi connectivity index (χ2n) is 21.8. The van der Waals surface area contributed by atoms with Crippen molar-refractivity contribution in [1.82, 2.24) is 29.9 Å². The molecule has 0 bridgehead atoms. The lowest BCUT2D eigenvalue weighted by Gasteiger charge is -2.16. The zero-order valence-electron chi connectivity index (χ0n) is 47.3. The van der Waals surface area contributed by atoms with Crippen molar-refractivity contribution in [1.29, 1.82) is 0 Å². The van der Waals surface area contributed by atoms with Crippen molar-refractivity contribution >= 4 is 85.3 Å². The number of H-pyrrole nitrogens is 3. The number of hydrogen-bond donors (Lipinski definition) is 4. The fourth-order valence-electron chi connectivity index (χ4n) is 9.75. The van der Waals surface area contributed by atoms with Crippen molar-refractivity contribution in [2.75, 3.05) is 19.8 Å². The van der Waals surface area contributed by atoms with Crippen LogP contribution in [0.25, 0.3) is 33.1 Å². The SMILES string of the molecule is C.C.C.O=C(c1cccc(O)c1OCC1CC1)c1c[nH]c2ncc(Cl)cc12.O=C(c1cccc(OCc2c(F)cc(F)cc2F)c1OCC1CC1)c1c[nH]c2ncc(Cl)cc12.O=C(c1cccc(OCc2ccccc2)c1OCC1CC1)c1c[nH]c2ncc(Cl)cc12. The maximum atomic E-state index is 14.1. The van der Waals surface area contributed by atoms with Crippen molar-refractivity contribution in [2.45, 2.75) is 74.0 Å². The van der Waals surface area contributed by atoms with E-state index in [1.165, 1.54) is 24.7 Å². The summed E-state index contributed by atoms with van der Waals surface area (Å²) < 4.78 is 71.0. The summed E-state index contributed by atoms with van der Waals surface area (Å²) in [6.07, 6.45) is 16.0. The number of halogens is 6. The third kappa shape index (κ3) is 15.7. The van der Waals surface area contributed by atoms with E-state index in [1.54, 1.807) is 73.2 Å². The molecule has 0 radical (unpaired) electrons. The number of pyridine rings is 3. The number of aromatic nitrogens is 6. The molecule has 3 fully saturated rings. The average Bonchev–Trinajstić information content (AvgIpc) is 1.87. The smallest absolute Gasteiger partial charge is 0.199 e. The molecule has 4 N–H and O–H groups in total. The van der Waals surface area contributed by atoms with Crippen molar-refractivity contribution in [3.63, 3.8) is 0 Å². The molecule has 3 aliphatic rings. The zero-order valence-corrected chi connectivity index (χ0v) is 49.5. The number of benzene rings is 5. The van der Waals surface area contributed by atoms with Crippen LogP contribution < -0.4 is 23.7 Å². The maximum Gasteiger partial charge on any atom is 0.199 e. The molecule has 476 valence electrons. The third-order valence-electron chi connectivity index (χ3n) is 15.1. The Hall–Kier alpha value is -9.36. The van der Waals surface area contributed by atoms with Gasteiger partial charge in [0.2, 0.25) is 0 Å². The highest BCUT2D eigenvalue weighted by atomic mass is 35.5. The molecule has 0 amide bonds. The minimum absolute atomic E-state index is 0. The normalized spacial score (nSPS) is 13.1. The minimum Gasteiger partial charge on any atom is -0.504 e. The number of aromatic amines is 3. The number of para-hydroxylation sites is 3. The molecule has 5 aromatic carbocycles. The van der Waals surface area contributed by atoms with Gasteiger partial charge in [-0.1, -0.05) is 106 Å². The number of nitrogens with zero attached hydrogens (tertiary/aromatic N) is 3. The van der Waals surface area contributed by atoms with Gasteiger partial charge in [-0.25, -0.2) is 28.1 Å². The van der Waals surface area contributed by atoms with Gasteiger partial charge in [0.15, 0.2) is 51.8 Å². The Kier molecular flexibility index (Phi) is 21.7. The first-order valence-electron chi connectivity index (χ1n) is 28.6. The van der Waals surface area contributed by atoms with Crippen molar-refractivity contribution < 1.29 is 56.3 Å². The topological polar surface area (TPSA) is 204 Å².